The van der Waals surface area contributed by atoms with Crippen LogP contribution in [0.5, 0.6) is 0 Å². The van der Waals surface area contributed by atoms with E-state index in [2.05, 4.69) is 0 Å². The molecule has 1 aliphatic rings. The van der Waals surface area contributed by atoms with Crippen LogP contribution in [0.15, 0.2) is 20.6 Å². The van der Waals surface area contributed by atoms with Crippen LogP contribution in [0.25, 0.3) is 0 Å². The van der Waals surface area contributed by atoms with E-state index in [0.717, 1.165) is 0 Å². The molecule has 0 atom stereocenters. The average Bonchev–Trinajstić information content (AvgIpc) is 2.87. The Balaban J connectivity index is 2.78. The molecule has 0 amide bonds. The van der Waals surface area contributed by atoms with Gasteiger partial charge in [0.05, 0.1) is 17.5 Å². The van der Waals surface area contributed by atoms with Crippen molar-refractivity contribution in [1.82, 2.24) is 0 Å². The van der Waals surface area contributed by atoms with Crippen molar-refractivity contribution >= 4 is 35.5 Å². The fourth-order valence-corrected chi connectivity index (χ4v) is 3.02. The molecule has 1 rings (SSSR count). The summed E-state index contributed by atoms with van der Waals surface area (Å²) >= 11 is 2.67. The number of carbonyl (C=O) groups is 2. The first-order valence-corrected chi connectivity index (χ1v) is 8.24. The largest absolute Gasteiger partial charge is 0.462 e. The first-order chi connectivity index (χ1) is 9.41. The summed E-state index contributed by atoms with van der Waals surface area (Å²) in [5, 5.41) is 3.65. The van der Waals surface area contributed by atoms with Gasteiger partial charge in [-0.25, -0.2) is 9.59 Å². The summed E-state index contributed by atoms with van der Waals surface area (Å²) in [6.45, 7) is 8.34. The van der Waals surface area contributed by atoms with Crippen molar-refractivity contribution in [2.24, 2.45) is 11.8 Å². The van der Waals surface area contributed by atoms with Crippen LogP contribution < -0.4 is 0 Å². The summed E-state index contributed by atoms with van der Waals surface area (Å²) in [6.07, 6.45) is 0. The van der Waals surface area contributed by atoms with E-state index >= 15 is 0 Å². The Kier molecular flexibility index (Phi) is 7.23. The van der Waals surface area contributed by atoms with Crippen LogP contribution in [0, 0.1) is 11.8 Å². The van der Waals surface area contributed by atoms with Crippen LogP contribution in [0.1, 0.15) is 27.7 Å². The number of carbonyl (C=O) groups excluding carboxylic acids is 2. The van der Waals surface area contributed by atoms with E-state index in [9.17, 15) is 9.59 Å². The molecule has 0 fully saturated rings. The lowest BCUT2D eigenvalue weighted by Gasteiger charge is -2.12. The van der Waals surface area contributed by atoms with Gasteiger partial charge in [0.1, 0.15) is 0 Å². The molecule has 0 bridgehead atoms. The highest BCUT2D eigenvalue weighted by atomic mass is 32.2. The van der Waals surface area contributed by atoms with Crippen molar-refractivity contribution in [3.05, 3.63) is 20.6 Å². The molecule has 0 saturated carbocycles. The zero-order valence-corrected chi connectivity index (χ0v) is 13.8. The molecule has 0 spiro atoms. The standard InChI is InChI=1S/C14H20O4S2/c1-9(2)7-17-12(15)11(14-19-5-6-20-14)13(16)18-8-10(3)4/h5-6,9-10H,7-8H2,1-4H3. The third-order valence-corrected chi connectivity index (χ3v) is 4.24. The quantitative estimate of drug-likeness (QED) is 0.323. The van der Waals surface area contributed by atoms with Crippen molar-refractivity contribution < 1.29 is 19.1 Å². The van der Waals surface area contributed by atoms with Gasteiger partial charge >= 0.3 is 11.9 Å². The second-order valence-corrected chi connectivity index (χ2v) is 7.25. The van der Waals surface area contributed by atoms with Crippen LogP contribution in [-0.2, 0) is 19.1 Å². The Morgan fingerprint density at radius 1 is 0.950 bits per heavy atom. The maximum Gasteiger partial charge on any atom is 0.347 e. The first kappa shape index (κ1) is 17.2. The molecule has 4 nitrogen and oxygen atoms in total. The SMILES string of the molecule is CC(C)COC(=O)C(C(=O)OCC(C)C)=C1SC=CS1. The fraction of sp³-hybridized carbons (Fsp3) is 0.571. The number of thioether (sulfide) groups is 2. The second kappa shape index (κ2) is 8.42. The monoisotopic (exact) mass is 316 g/mol. The first-order valence-electron chi connectivity index (χ1n) is 6.48. The summed E-state index contributed by atoms with van der Waals surface area (Å²) < 4.78 is 10.9. The molecular weight excluding hydrogens is 296 g/mol. The lowest BCUT2D eigenvalue weighted by atomic mass is 10.2. The van der Waals surface area contributed by atoms with Gasteiger partial charge in [-0.2, -0.15) is 0 Å². The summed E-state index contributed by atoms with van der Waals surface area (Å²) in [5.74, 6) is -0.768. The van der Waals surface area contributed by atoms with Gasteiger partial charge in [0.2, 0.25) is 0 Å². The Morgan fingerprint density at radius 3 is 1.70 bits per heavy atom. The molecule has 0 aliphatic carbocycles. The predicted octanol–water partition coefficient (Wildman–Crippen LogP) is 3.55. The van der Waals surface area contributed by atoms with E-state index in [1.54, 1.807) is 0 Å². The average molecular weight is 316 g/mol. The van der Waals surface area contributed by atoms with Crippen molar-refractivity contribution in [1.29, 1.82) is 0 Å². The zero-order chi connectivity index (χ0) is 15.1. The van der Waals surface area contributed by atoms with Gasteiger partial charge in [0.25, 0.3) is 0 Å². The van der Waals surface area contributed by atoms with Crippen LogP contribution in [0.2, 0.25) is 0 Å². The van der Waals surface area contributed by atoms with E-state index in [4.69, 9.17) is 9.47 Å². The molecule has 6 heteroatoms. The van der Waals surface area contributed by atoms with E-state index in [0.29, 0.717) is 4.24 Å². The molecule has 0 radical (unpaired) electrons. The number of hydrogen-bond donors (Lipinski definition) is 0. The molecular formula is C14H20O4S2. The molecule has 20 heavy (non-hydrogen) atoms. The normalized spacial score (nSPS) is 14.0. The second-order valence-electron chi connectivity index (χ2n) is 5.15. The molecule has 0 saturated heterocycles. The molecule has 112 valence electrons. The summed E-state index contributed by atoms with van der Waals surface area (Å²) in [4.78, 5) is 24.2. The highest BCUT2D eigenvalue weighted by Gasteiger charge is 2.28. The van der Waals surface area contributed by atoms with Gasteiger partial charge < -0.3 is 9.47 Å². The third-order valence-electron chi connectivity index (χ3n) is 2.11. The lowest BCUT2D eigenvalue weighted by Crippen LogP contribution is -2.22. The van der Waals surface area contributed by atoms with Gasteiger partial charge in [0, 0.05) is 0 Å². The van der Waals surface area contributed by atoms with Gasteiger partial charge in [-0.15, -0.1) is 0 Å². The molecule has 1 aliphatic heterocycles. The highest BCUT2D eigenvalue weighted by molar-refractivity contribution is 8.27. The molecule has 1 heterocycles. The maximum absolute atomic E-state index is 12.1. The minimum absolute atomic E-state index is 0.00583. The van der Waals surface area contributed by atoms with E-state index in [-0.39, 0.29) is 30.6 Å². The Hall–Kier alpha value is -0.880. The third kappa shape index (κ3) is 5.63. The van der Waals surface area contributed by atoms with E-state index in [1.165, 1.54) is 23.5 Å². The van der Waals surface area contributed by atoms with Crippen LogP contribution in [-0.4, -0.2) is 25.2 Å². The Morgan fingerprint density at radius 2 is 1.35 bits per heavy atom. The summed E-state index contributed by atoms with van der Waals surface area (Å²) in [6, 6.07) is 0. The van der Waals surface area contributed by atoms with Crippen LogP contribution in [0.4, 0.5) is 0 Å². The van der Waals surface area contributed by atoms with E-state index in [1.807, 2.05) is 38.5 Å². The van der Waals surface area contributed by atoms with Crippen molar-refractivity contribution in [2.45, 2.75) is 27.7 Å². The van der Waals surface area contributed by atoms with Crippen molar-refractivity contribution in [3.8, 4) is 0 Å². The van der Waals surface area contributed by atoms with Crippen molar-refractivity contribution in [2.75, 3.05) is 13.2 Å². The molecule has 0 aromatic heterocycles. The van der Waals surface area contributed by atoms with Gasteiger partial charge in [0.15, 0.2) is 5.57 Å². The van der Waals surface area contributed by atoms with Crippen molar-refractivity contribution in [3.63, 3.8) is 0 Å². The topological polar surface area (TPSA) is 52.6 Å². The van der Waals surface area contributed by atoms with Gasteiger partial charge in [-0.1, -0.05) is 51.2 Å². The van der Waals surface area contributed by atoms with Gasteiger partial charge in [-0.05, 0) is 22.7 Å². The zero-order valence-electron chi connectivity index (χ0n) is 12.2. The minimum Gasteiger partial charge on any atom is -0.462 e. The summed E-state index contributed by atoms with van der Waals surface area (Å²) in [7, 11) is 0. The Bertz CT molecular complexity index is 389. The summed E-state index contributed by atoms with van der Waals surface area (Å²) in [5.41, 5.74) is 0.00583. The lowest BCUT2D eigenvalue weighted by molar-refractivity contribution is -0.148. The smallest absolute Gasteiger partial charge is 0.347 e. The van der Waals surface area contributed by atoms with Crippen LogP contribution in [0.3, 0.4) is 0 Å². The molecule has 0 N–H and O–H groups in total. The maximum atomic E-state index is 12.1. The predicted molar refractivity (Wildman–Crippen MR) is 82.9 cm³/mol. The van der Waals surface area contributed by atoms with Gasteiger partial charge in [-0.3, -0.25) is 0 Å². The number of hydrogen-bond acceptors (Lipinski definition) is 6. The van der Waals surface area contributed by atoms with E-state index < -0.39 is 11.9 Å². The molecule has 0 aromatic carbocycles. The fourth-order valence-electron chi connectivity index (χ4n) is 1.20. The van der Waals surface area contributed by atoms with Crippen LogP contribution >= 0.6 is 23.5 Å². The number of rotatable bonds is 6. The number of ether oxygens (including phenoxy) is 2. The Labute approximate surface area is 128 Å². The molecule has 0 unspecified atom stereocenters. The highest BCUT2D eigenvalue weighted by Crippen LogP contribution is 2.40. The minimum atomic E-state index is -0.605. The molecule has 0 aromatic rings. The number of esters is 2.